The van der Waals surface area contributed by atoms with Crippen molar-refractivity contribution in [2.24, 2.45) is 0 Å². The predicted octanol–water partition coefficient (Wildman–Crippen LogP) is 4.18. The Bertz CT molecular complexity index is 1160. The fourth-order valence-electron chi connectivity index (χ4n) is 3.49. The van der Waals surface area contributed by atoms with Crippen LogP contribution in [0.25, 0.3) is 0 Å². The number of hydrogen-bond acceptors (Lipinski definition) is 4. The van der Waals surface area contributed by atoms with Crippen molar-refractivity contribution in [2.75, 3.05) is 0 Å². The van der Waals surface area contributed by atoms with Crippen molar-refractivity contribution in [1.29, 1.82) is 0 Å². The Labute approximate surface area is 182 Å². The van der Waals surface area contributed by atoms with Gasteiger partial charge in [0.1, 0.15) is 5.76 Å². The smallest absolute Gasteiger partial charge is 0.251 e. The first kappa shape index (κ1) is 21.3. The maximum Gasteiger partial charge on any atom is 0.251 e. The quantitative estimate of drug-likeness (QED) is 0.572. The van der Waals surface area contributed by atoms with Gasteiger partial charge in [-0.1, -0.05) is 29.8 Å². The molecule has 0 spiro atoms. The minimum atomic E-state index is -3.76. The van der Waals surface area contributed by atoms with Crippen molar-refractivity contribution < 1.29 is 17.6 Å². The van der Waals surface area contributed by atoms with E-state index in [0.29, 0.717) is 22.9 Å². The SMILES string of the molecule is Cc1ccc(S(=O)(=O)N(Cc2ccc(C(=O)NC3CC3)cc2)Cc2ccco2)c(C)c1. The van der Waals surface area contributed by atoms with Gasteiger partial charge in [-0.2, -0.15) is 4.31 Å². The molecule has 4 rings (SSSR count). The van der Waals surface area contributed by atoms with Crippen LogP contribution in [0.4, 0.5) is 0 Å². The molecule has 1 aliphatic rings. The van der Waals surface area contributed by atoms with E-state index in [4.69, 9.17) is 4.42 Å². The molecule has 6 nitrogen and oxygen atoms in total. The van der Waals surface area contributed by atoms with Gasteiger partial charge in [0.25, 0.3) is 5.91 Å². The van der Waals surface area contributed by atoms with E-state index in [1.807, 2.05) is 13.0 Å². The Morgan fingerprint density at radius 3 is 2.42 bits per heavy atom. The van der Waals surface area contributed by atoms with Crippen molar-refractivity contribution in [3.05, 3.63) is 88.9 Å². The highest BCUT2D eigenvalue weighted by atomic mass is 32.2. The van der Waals surface area contributed by atoms with Crippen molar-refractivity contribution in [3.8, 4) is 0 Å². The van der Waals surface area contributed by atoms with Gasteiger partial charge in [-0.15, -0.1) is 0 Å². The molecule has 0 saturated heterocycles. The molecule has 3 aromatic rings. The number of furan rings is 1. The van der Waals surface area contributed by atoms with Crippen LogP contribution in [0.3, 0.4) is 0 Å². The molecule has 31 heavy (non-hydrogen) atoms. The summed E-state index contributed by atoms with van der Waals surface area (Å²) in [5, 5.41) is 2.96. The summed E-state index contributed by atoms with van der Waals surface area (Å²) in [6.07, 6.45) is 3.59. The molecule has 1 aromatic heterocycles. The third kappa shape index (κ3) is 5.06. The lowest BCUT2D eigenvalue weighted by Gasteiger charge is -2.23. The second-order valence-electron chi connectivity index (χ2n) is 8.07. The highest BCUT2D eigenvalue weighted by Crippen LogP contribution is 2.25. The molecule has 1 amide bonds. The van der Waals surface area contributed by atoms with E-state index in [1.54, 1.807) is 55.5 Å². The number of carbonyl (C=O) groups is 1. The lowest BCUT2D eigenvalue weighted by Crippen LogP contribution is -2.30. The van der Waals surface area contributed by atoms with Gasteiger partial charge in [0.15, 0.2) is 0 Å². The van der Waals surface area contributed by atoms with Crippen molar-refractivity contribution in [1.82, 2.24) is 9.62 Å². The van der Waals surface area contributed by atoms with Gasteiger partial charge in [-0.05, 0) is 68.1 Å². The highest BCUT2D eigenvalue weighted by Gasteiger charge is 2.28. The van der Waals surface area contributed by atoms with Crippen LogP contribution < -0.4 is 5.32 Å². The Morgan fingerprint density at radius 1 is 1.06 bits per heavy atom. The summed E-state index contributed by atoms with van der Waals surface area (Å²) in [6, 6.07) is 16.2. The second kappa shape index (κ2) is 8.69. The number of benzene rings is 2. The summed E-state index contributed by atoms with van der Waals surface area (Å²) in [7, 11) is -3.76. The molecule has 0 unspecified atom stereocenters. The van der Waals surface area contributed by atoms with Gasteiger partial charge in [0.05, 0.1) is 17.7 Å². The van der Waals surface area contributed by atoms with Crippen LogP contribution in [-0.2, 0) is 23.1 Å². The number of amides is 1. The average Bonchev–Trinajstić information content (AvgIpc) is 3.39. The summed E-state index contributed by atoms with van der Waals surface area (Å²) in [4.78, 5) is 12.5. The largest absolute Gasteiger partial charge is 0.468 e. The number of aryl methyl sites for hydroxylation is 2. The van der Waals surface area contributed by atoms with Crippen LogP contribution in [0.15, 0.2) is 70.2 Å². The Balaban J connectivity index is 1.59. The molecule has 1 aliphatic carbocycles. The predicted molar refractivity (Wildman–Crippen MR) is 118 cm³/mol. The average molecular weight is 439 g/mol. The van der Waals surface area contributed by atoms with Crippen molar-refractivity contribution in [2.45, 2.75) is 50.7 Å². The number of sulfonamides is 1. The van der Waals surface area contributed by atoms with E-state index >= 15 is 0 Å². The normalized spacial score (nSPS) is 14.0. The Morgan fingerprint density at radius 2 is 1.81 bits per heavy atom. The summed E-state index contributed by atoms with van der Waals surface area (Å²) in [5.74, 6) is 0.471. The third-order valence-electron chi connectivity index (χ3n) is 5.35. The summed E-state index contributed by atoms with van der Waals surface area (Å²) >= 11 is 0. The van der Waals surface area contributed by atoms with Gasteiger partial charge in [-0.25, -0.2) is 8.42 Å². The summed E-state index contributed by atoms with van der Waals surface area (Å²) in [6.45, 7) is 4.02. The molecular weight excluding hydrogens is 412 g/mol. The standard InChI is InChI=1S/C24H26N2O4S/c1-17-5-12-23(18(2)14-17)31(28,29)26(16-22-4-3-13-30-22)15-19-6-8-20(9-7-19)24(27)25-21-10-11-21/h3-9,12-14,21H,10-11,15-16H2,1-2H3,(H,25,27). The molecule has 1 N–H and O–H groups in total. The first-order valence-electron chi connectivity index (χ1n) is 10.3. The molecule has 0 aliphatic heterocycles. The molecule has 1 heterocycles. The molecule has 0 atom stereocenters. The molecule has 7 heteroatoms. The Kier molecular flexibility index (Phi) is 5.98. The van der Waals surface area contributed by atoms with Gasteiger partial charge in [0, 0.05) is 18.2 Å². The lowest BCUT2D eigenvalue weighted by atomic mass is 10.1. The van der Waals surface area contributed by atoms with E-state index in [2.05, 4.69) is 5.32 Å². The number of carbonyl (C=O) groups excluding carboxylic acids is 1. The van der Waals surface area contributed by atoms with Gasteiger partial charge in [0.2, 0.25) is 10.0 Å². The number of hydrogen-bond donors (Lipinski definition) is 1. The number of nitrogens with zero attached hydrogens (tertiary/aromatic N) is 1. The fraction of sp³-hybridized carbons (Fsp3) is 0.292. The third-order valence-corrected chi connectivity index (χ3v) is 7.30. The number of nitrogens with one attached hydrogen (secondary N) is 1. The molecule has 0 radical (unpaired) electrons. The van der Waals surface area contributed by atoms with E-state index in [0.717, 1.165) is 24.0 Å². The number of rotatable bonds is 8. The van der Waals surface area contributed by atoms with Crippen LogP contribution in [0.1, 0.15) is 45.7 Å². The second-order valence-corrected chi connectivity index (χ2v) is 9.97. The van der Waals surface area contributed by atoms with E-state index in [9.17, 15) is 13.2 Å². The van der Waals surface area contributed by atoms with E-state index in [1.165, 1.54) is 10.6 Å². The zero-order valence-corrected chi connectivity index (χ0v) is 18.5. The summed E-state index contributed by atoms with van der Waals surface area (Å²) in [5.41, 5.74) is 3.08. The van der Waals surface area contributed by atoms with Gasteiger partial charge < -0.3 is 9.73 Å². The maximum absolute atomic E-state index is 13.5. The minimum Gasteiger partial charge on any atom is -0.468 e. The van der Waals surface area contributed by atoms with Crippen LogP contribution in [0.5, 0.6) is 0 Å². The molecule has 162 valence electrons. The van der Waals surface area contributed by atoms with Crippen molar-refractivity contribution >= 4 is 15.9 Å². The van der Waals surface area contributed by atoms with Crippen LogP contribution in [-0.4, -0.2) is 24.7 Å². The van der Waals surface area contributed by atoms with Crippen LogP contribution >= 0.6 is 0 Å². The molecule has 1 saturated carbocycles. The lowest BCUT2D eigenvalue weighted by molar-refractivity contribution is 0.0951. The topological polar surface area (TPSA) is 79.6 Å². The monoisotopic (exact) mass is 438 g/mol. The van der Waals surface area contributed by atoms with Crippen molar-refractivity contribution in [3.63, 3.8) is 0 Å². The molecular formula is C24H26N2O4S. The molecule has 1 fully saturated rings. The maximum atomic E-state index is 13.5. The van der Waals surface area contributed by atoms with Gasteiger partial charge in [-0.3, -0.25) is 4.79 Å². The zero-order valence-electron chi connectivity index (χ0n) is 17.7. The molecule has 0 bridgehead atoms. The first-order valence-corrected chi connectivity index (χ1v) is 11.8. The Hall–Kier alpha value is -2.90. The minimum absolute atomic E-state index is 0.0932. The molecule has 2 aromatic carbocycles. The summed E-state index contributed by atoms with van der Waals surface area (Å²) < 4.78 is 33.9. The fourth-order valence-corrected chi connectivity index (χ4v) is 5.09. The van der Waals surface area contributed by atoms with Crippen LogP contribution in [0.2, 0.25) is 0 Å². The van der Waals surface area contributed by atoms with Gasteiger partial charge >= 0.3 is 0 Å². The zero-order chi connectivity index (χ0) is 22.0. The highest BCUT2D eigenvalue weighted by molar-refractivity contribution is 7.89. The van der Waals surface area contributed by atoms with E-state index in [-0.39, 0.29) is 23.9 Å². The first-order chi connectivity index (χ1) is 14.8. The van der Waals surface area contributed by atoms with E-state index < -0.39 is 10.0 Å². The van der Waals surface area contributed by atoms with Crippen LogP contribution in [0, 0.1) is 13.8 Å².